The Balaban J connectivity index is 1.55. The van der Waals surface area contributed by atoms with Crippen molar-refractivity contribution in [2.45, 2.75) is 61.6 Å². The first-order valence-corrected chi connectivity index (χ1v) is 12.6. The van der Waals surface area contributed by atoms with Crippen molar-refractivity contribution < 1.29 is 19.5 Å². The Hall–Kier alpha value is -2.06. The summed E-state index contributed by atoms with van der Waals surface area (Å²) in [5, 5.41) is 15.5. The van der Waals surface area contributed by atoms with Crippen molar-refractivity contribution >= 4 is 29.5 Å². The Kier molecular flexibility index (Phi) is 7.10. The second kappa shape index (κ2) is 9.83. The summed E-state index contributed by atoms with van der Waals surface area (Å²) in [6, 6.07) is 9.16. The molecule has 5 atom stereocenters. The normalized spacial score (nSPS) is 30.4. The highest BCUT2D eigenvalue weighted by Gasteiger charge is 2.73. The van der Waals surface area contributed by atoms with Crippen LogP contribution in [0.15, 0.2) is 30.3 Å². The number of thioether (sulfide) groups is 1. The first kappa shape index (κ1) is 23.1. The van der Waals surface area contributed by atoms with Gasteiger partial charge in [-0.1, -0.05) is 43.7 Å². The van der Waals surface area contributed by atoms with E-state index in [0.29, 0.717) is 26.1 Å². The minimum absolute atomic E-state index is 0.0393. The summed E-state index contributed by atoms with van der Waals surface area (Å²) in [4.78, 5) is 41.8. The zero-order chi connectivity index (χ0) is 22.7. The van der Waals surface area contributed by atoms with Crippen molar-refractivity contribution in [3.05, 3.63) is 35.9 Å². The fourth-order valence-corrected chi connectivity index (χ4v) is 7.84. The average molecular weight is 460 g/mol. The van der Waals surface area contributed by atoms with Crippen LogP contribution in [0, 0.1) is 11.8 Å². The van der Waals surface area contributed by atoms with Gasteiger partial charge >= 0.3 is 0 Å². The van der Waals surface area contributed by atoms with Gasteiger partial charge in [-0.25, -0.2) is 0 Å². The number of aliphatic hydroxyl groups excluding tert-OH is 1. The molecular weight excluding hydrogens is 426 g/mol. The number of carbonyl (C=O) groups is 3. The summed E-state index contributed by atoms with van der Waals surface area (Å²) in [5.74, 6) is -1.23. The van der Waals surface area contributed by atoms with Crippen LogP contribution in [0.3, 0.4) is 0 Å². The maximum Gasteiger partial charge on any atom is 0.244 e. The van der Waals surface area contributed by atoms with E-state index in [9.17, 15) is 19.5 Å². The third-order valence-corrected chi connectivity index (χ3v) is 9.00. The molecule has 3 heterocycles. The molecule has 1 aromatic rings. The Morgan fingerprint density at radius 3 is 2.69 bits per heavy atom. The number of unbranched alkanes of at least 4 members (excludes halogenated alkanes) is 1. The minimum atomic E-state index is -0.578. The zero-order valence-corrected chi connectivity index (χ0v) is 19.4. The van der Waals surface area contributed by atoms with Gasteiger partial charge in [0.25, 0.3) is 0 Å². The number of hydrogen-bond acceptors (Lipinski definition) is 5. The molecule has 7 nitrogen and oxygen atoms in total. The molecule has 32 heavy (non-hydrogen) atoms. The van der Waals surface area contributed by atoms with Gasteiger partial charge in [0.1, 0.15) is 6.04 Å². The van der Waals surface area contributed by atoms with Crippen LogP contribution in [-0.4, -0.2) is 63.5 Å². The highest BCUT2D eigenvalue weighted by molar-refractivity contribution is 8.02. The van der Waals surface area contributed by atoms with E-state index in [-0.39, 0.29) is 29.6 Å². The highest BCUT2D eigenvalue weighted by atomic mass is 32.2. The Bertz CT molecular complexity index is 851. The minimum Gasteiger partial charge on any atom is -0.396 e. The lowest BCUT2D eigenvalue weighted by atomic mass is 9.70. The molecule has 3 fully saturated rings. The monoisotopic (exact) mass is 459 g/mol. The zero-order valence-electron chi connectivity index (χ0n) is 18.6. The van der Waals surface area contributed by atoms with E-state index in [1.165, 1.54) is 0 Å². The Morgan fingerprint density at radius 2 is 1.97 bits per heavy atom. The number of amides is 3. The summed E-state index contributed by atoms with van der Waals surface area (Å²) in [7, 11) is 0. The number of hydrogen-bond donors (Lipinski definition) is 3. The number of benzene rings is 1. The van der Waals surface area contributed by atoms with E-state index >= 15 is 0 Å². The summed E-state index contributed by atoms with van der Waals surface area (Å²) in [6.45, 7) is 3.38. The molecule has 3 N–H and O–H groups in total. The number of carbonyl (C=O) groups excluding carboxylic acids is 3. The molecular formula is C24H33N3O4S. The molecule has 3 aliphatic rings. The van der Waals surface area contributed by atoms with Gasteiger partial charge in [-0.2, -0.15) is 0 Å². The molecule has 4 rings (SSSR count). The number of rotatable bonds is 10. The van der Waals surface area contributed by atoms with Crippen LogP contribution >= 0.6 is 11.8 Å². The lowest BCUT2D eigenvalue weighted by Gasteiger charge is -2.34. The molecule has 0 saturated carbocycles. The highest BCUT2D eigenvalue weighted by Crippen LogP contribution is 2.66. The van der Waals surface area contributed by atoms with Crippen molar-refractivity contribution in [3.63, 3.8) is 0 Å². The Morgan fingerprint density at radius 1 is 1.19 bits per heavy atom. The van der Waals surface area contributed by atoms with Crippen LogP contribution in [0.4, 0.5) is 0 Å². The number of aliphatic hydroxyl groups is 1. The van der Waals surface area contributed by atoms with E-state index in [1.807, 2.05) is 30.3 Å². The molecule has 174 valence electrons. The second-order valence-electron chi connectivity index (χ2n) is 9.01. The predicted molar refractivity (Wildman–Crippen MR) is 124 cm³/mol. The van der Waals surface area contributed by atoms with Crippen molar-refractivity contribution in [2.24, 2.45) is 11.8 Å². The maximum absolute atomic E-state index is 13.6. The number of likely N-dealkylation sites (tertiary alicyclic amines) is 1. The topological polar surface area (TPSA) is 98.7 Å². The van der Waals surface area contributed by atoms with E-state index in [1.54, 1.807) is 16.7 Å². The van der Waals surface area contributed by atoms with Gasteiger partial charge in [0.05, 0.1) is 16.6 Å². The van der Waals surface area contributed by atoms with Gasteiger partial charge in [0.15, 0.2) is 0 Å². The molecule has 1 spiro atoms. The largest absolute Gasteiger partial charge is 0.396 e. The molecule has 3 amide bonds. The van der Waals surface area contributed by atoms with Gasteiger partial charge < -0.3 is 20.6 Å². The van der Waals surface area contributed by atoms with E-state index < -0.39 is 22.6 Å². The average Bonchev–Trinajstić information content (AvgIpc) is 3.44. The van der Waals surface area contributed by atoms with Crippen molar-refractivity contribution in [1.82, 2.24) is 15.5 Å². The Labute approximate surface area is 193 Å². The lowest BCUT2D eigenvalue weighted by Crippen LogP contribution is -2.54. The van der Waals surface area contributed by atoms with Crippen LogP contribution in [0.25, 0.3) is 0 Å². The van der Waals surface area contributed by atoms with Gasteiger partial charge in [-0.15, -0.1) is 11.8 Å². The van der Waals surface area contributed by atoms with Crippen LogP contribution in [0.1, 0.15) is 44.6 Å². The summed E-state index contributed by atoms with van der Waals surface area (Å²) < 4.78 is -0.553. The van der Waals surface area contributed by atoms with Crippen LogP contribution in [0.5, 0.6) is 0 Å². The molecule has 3 saturated heterocycles. The van der Waals surface area contributed by atoms with Crippen molar-refractivity contribution in [3.8, 4) is 0 Å². The van der Waals surface area contributed by atoms with E-state index in [0.717, 1.165) is 31.2 Å². The third kappa shape index (κ3) is 4.03. The third-order valence-electron chi connectivity index (χ3n) is 7.05. The lowest BCUT2D eigenvalue weighted by molar-refractivity contribution is -0.140. The van der Waals surface area contributed by atoms with Gasteiger partial charge in [0.2, 0.25) is 17.7 Å². The standard InChI is InChI=1S/C24H33N3O4S/c1-2-3-12-25-22(30)20-24-11-10-17(32-24)18(19(24)23(31)27(20)13-7-14-28)21(29)26-15-16-8-5-4-6-9-16/h4-6,8-9,17-20,28H,2-3,7,10-15H2,1H3,(H,25,30)(H,26,29)/t17-,18+,19+,20?,24?/m1/s1. The maximum atomic E-state index is 13.6. The fourth-order valence-electron chi connectivity index (χ4n) is 5.62. The predicted octanol–water partition coefficient (Wildman–Crippen LogP) is 1.69. The van der Waals surface area contributed by atoms with E-state index in [4.69, 9.17) is 0 Å². The molecule has 0 radical (unpaired) electrons. The first-order chi connectivity index (χ1) is 15.5. The molecule has 3 aliphatic heterocycles. The number of nitrogens with zero attached hydrogens (tertiary/aromatic N) is 1. The molecule has 0 aromatic heterocycles. The molecule has 1 aromatic carbocycles. The van der Waals surface area contributed by atoms with Crippen LogP contribution in [-0.2, 0) is 20.9 Å². The summed E-state index contributed by atoms with van der Waals surface area (Å²) in [5.41, 5.74) is 1.02. The fraction of sp³-hybridized carbons (Fsp3) is 0.625. The second-order valence-corrected chi connectivity index (χ2v) is 10.6. The van der Waals surface area contributed by atoms with Gasteiger partial charge in [-0.05, 0) is 31.2 Å². The smallest absolute Gasteiger partial charge is 0.244 e. The first-order valence-electron chi connectivity index (χ1n) is 11.7. The van der Waals surface area contributed by atoms with Crippen LogP contribution in [0.2, 0.25) is 0 Å². The quantitative estimate of drug-likeness (QED) is 0.463. The molecule has 8 heteroatoms. The van der Waals surface area contributed by atoms with Crippen molar-refractivity contribution in [1.29, 1.82) is 0 Å². The van der Waals surface area contributed by atoms with Gasteiger partial charge in [-0.3, -0.25) is 14.4 Å². The summed E-state index contributed by atoms with van der Waals surface area (Å²) >= 11 is 1.68. The number of fused-ring (bicyclic) bond motifs is 1. The van der Waals surface area contributed by atoms with Crippen molar-refractivity contribution in [2.75, 3.05) is 19.7 Å². The summed E-state index contributed by atoms with van der Waals surface area (Å²) in [6.07, 6.45) is 3.89. The molecule has 2 bridgehead atoms. The molecule has 2 unspecified atom stereocenters. The van der Waals surface area contributed by atoms with Gasteiger partial charge in [0, 0.05) is 31.5 Å². The number of nitrogens with one attached hydrogen (secondary N) is 2. The van der Waals surface area contributed by atoms with E-state index in [2.05, 4.69) is 17.6 Å². The van der Waals surface area contributed by atoms with Crippen LogP contribution < -0.4 is 10.6 Å². The SMILES string of the molecule is CCCCNC(=O)C1N(CCCO)C(=O)[C@@H]2[C@@H](C(=O)NCc3ccccc3)[C@H]3CCC12S3. The molecule has 0 aliphatic carbocycles.